The summed E-state index contributed by atoms with van der Waals surface area (Å²) >= 11 is 0. The predicted molar refractivity (Wildman–Crippen MR) is 78.8 cm³/mol. The minimum absolute atomic E-state index is 0.241. The standard InChI is InChI=1S/C13H30N2O2S/c1-5-15(6-2)11-8-9-13(4)14-10-12-18(16,17)7-3/h13-14H,5-12H2,1-4H3. The van der Waals surface area contributed by atoms with Crippen molar-refractivity contribution in [3.05, 3.63) is 0 Å². The van der Waals surface area contributed by atoms with Gasteiger partial charge < -0.3 is 10.2 Å². The second-order valence-electron chi connectivity index (χ2n) is 4.76. The third kappa shape index (κ3) is 8.89. The van der Waals surface area contributed by atoms with E-state index in [4.69, 9.17) is 0 Å². The topological polar surface area (TPSA) is 49.4 Å². The Morgan fingerprint density at radius 1 is 1.17 bits per heavy atom. The van der Waals surface area contributed by atoms with E-state index < -0.39 is 9.84 Å². The van der Waals surface area contributed by atoms with Crippen LogP contribution in [0.1, 0.15) is 40.5 Å². The number of nitrogens with one attached hydrogen (secondary N) is 1. The molecule has 18 heavy (non-hydrogen) atoms. The molecule has 1 unspecified atom stereocenters. The molecule has 0 bridgehead atoms. The van der Waals surface area contributed by atoms with E-state index >= 15 is 0 Å². The average molecular weight is 278 g/mol. The molecular formula is C13H30N2O2S. The van der Waals surface area contributed by atoms with Gasteiger partial charge in [0.2, 0.25) is 0 Å². The van der Waals surface area contributed by atoms with Crippen molar-refractivity contribution in [2.24, 2.45) is 0 Å². The van der Waals surface area contributed by atoms with Crippen LogP contribution in [0.15, 0.2) is 0 Å². The molecule has 0 saturated carbocycles. The first kappa shape index (κ1) is 17.9. The fourth-order valence-corrected chi connectivity index (χ4v) is 2.59. The highest BCUT2D eigenvalue weighted by atomic mass is 32.2. The van der Waals surface area contributed by atoms with Crippen molar-refractivity contribution in [3.63, 3.8) is 0 Å². The van der Waals surface area contributed by atoms with Gasteiger partial charge in [-0.15, -0.1) is 0 Å². The molecule has 0 aromatic heterocycles. The lowest BCUT2D eigenvalue weighted by molar-refractivity contribution is 0.291. The molecule has 1 N–H and O–H groups in total. The third-order valence-electron chi connectivity index (χ3n) is 3.35. The van der Waals surface area contributed by atoms with Gasteiger partial charge >= 0.3 is 0 Å². The Balaban J connectivity index is 3.63. The van der Waals surface area contributed by atoms with Crippen LogP contribution in [-0.4, -0.2) is 57.0 Å². The first-order valence-corrected chi connectivity index (χ1v) is 8.93. The van der Waals surface area contributed by atoms with Crippen LogP contribution < -0.4 is 5.32 Å². The summed E-state index contributed by atoms with van der Waals surface area (Å²) in [5.74, 6) is 0.495. The first-order valence-electron chi connectivity index (χ1n) is 7.11. The van der Waals surface area contributed by atoms with Crippen molar-refractivity contribution in [2.45, 2.75) is 46.6 Å². The Morgan fingerprint density at radius 2 is 1.78 bits per heavy atom. The van der Waals surface area contributed by atoms with E-state index in [1.165, 1.54) is 0 Å². The van der Waals surface area contributed by atoms with E-state index in [9.17, 15) is 8.42 Å². The molecule has 0 spiro atoms. The van der Waals surface area contributed by atoms with Crippen LogP contribution in [0.3, 0.4) is 0 Å². The molecule has 110 valence electrons. The van der Waals surface area contributed by atoms with E-state index in [1.807, 2.05) is 0 Å². The second kappa shape index (κ2) is 9.75. The van der Waals surface area contributed by atoms with E-state index in [1.54, 1.807) is 6.92 Å². The van der Waals surface area contributed by atoms with Gasteiger partial charge in [0.25, 0.3) is 0 Å². The molecule has 0 amide bonds. The van der Waals surface area contributed by atoms with Gasteiger partial charge in [-0.2, -0.15) is 0 Å². The Labute approximate surface area is 113 Å². The van der Waals surface area contributed by atoms with Crippen LogP contribution >= 0.6 is 0 Å². The van der Waals surface area contributed by atoms with Gasteiger partial charge in [-0.25, -0.2) is 8.42 Å². The smallest absolute Gasteiger partial charge is 0.151 e. The minimum Gasteiger partial charge on any atom is -0.313 e. The number of rotatable bonds is 11. The highest BCUT2D eigenvalue weighted by Gasteiger charge is 2.08. The summed E-state index contributed by atoms with van der Waals surface area (Å²) in [5.41, 5.74) is 0. The quantitative estimate of drug-likeness (QED) is 0.622. The Kier molecular flexibility index (Phi) is 9.68. The van der Waals surface area contributed by atoms with Crippen molar-refractivity contribution in [3.8, 4) is 0 Å². The summed E-state index contributed by atoms with van der Waals surface area (Å²) in [6, 6.07) is 0.396. The molecule has 1 atom stereocenters. The Bertz CT molecular complexity index is 287. The van der Waals surface area contributed by atoms with Crippen LogP contribution in [0.5, 0.6) is 0 Å². The van der Waals surface area contributed by atoms with Gasteiger partial charge in [-0.1, -0.05) is 20.8 Å². The van der Waals surface area contributed by atoms with Crippen molar-refractivity contribution < 1.29 is 8.42 Å². The Morgan fingerprint density at radius 3 is 2.28 bits per heavy atom. The summed E-state index contributed by atoms with van der Waals surface area (Å²) in [4.78, 5) is 2.41. The van der Waals surface area contributed by atoms with E-state index in [2.05, 4.69) is 31.0 Å². The summed E-state index contributed by atoms with van der Waals surface area (Å²) in [7, 11) is -2.83. The van der Waals surface area contributed by atoms with Crippen LogP contribution in [0.4, 0.5) is 0 Å². The van der Waals surface area contributed by atoms with Crippen molar-refractivity contribution in [1.82, 2.24) is 10.2 Å². The summed E-state index contributed by atoms with van der Waals surface area (Å²) in [6.45, 7) is 12.1. The molecule has 0 fully saturated rings. The van der Waals surface area contributed by atoms with Gasteiger partial charge in [0.1, 0.15) is 0 Å². The molecule has 0 aliphatic carbocycles. The Hall–Kier alpha value is -0.130. The molecule has 0 aliphatic rings. The van der Waals surface area contributed by atoms with Crippen LogP contribution in [0, 0.1) is 0 Å². The lowest BCUT2D eigenvalue weighted by atomic mass is 10.2. The van der Waals surface area contributed by atoms with Gasteiger partial charge in [0.05, 0.1) is 5.75 Å². The zero-order valence-corrected chi connectivity index (χ0v) is 13.2. The maximum absolute atomic E-state index is 11.3. The highest BCUT2D eigenvalue weighted by Crippen LogP contribution is 1.99. The lowest BCUT2D eigenvalue weighted by Gasteiger charge is -2.19. The van der Waals surface area contributed by atoms with Crippen LogP contribution in [-0.2, 0) is 9.84 Å². The van der Waals surface area contributed by atoms with E-state index in [-0.39, 0.29) is 11.5 Å². The number of hydrogen-bond donors (Lipinski definition) is 1. The first-order chi connectivity index (χ1) is 8.45. The maximum Gasteiger partial charge on any atom is 0.151 e. The molecule has 0 aromatic rings. The number of nitrogens with zero attached hydrogens (tertiary/aromatic N) is 1. The van der Waals surface area contributed by atoms with Crippen LogP contribution in [0.2, 0.25) is 0 Å². The minimum atomic E-state index is -2.83. The largest absolute Gasteiger partial charge is 0.313 e. The number of hydrogen-bond acceptors (Lipinski definition) is 4. The van der Waals surface area contributed by atoms with E-state index in [0.717, 1.165) is 32.5 Å². The molecule has 0 aromatic carbocycles. The normalized spacial score (nSPS) is 14.1. The van der Waals surface area contributed by atoms with E-state index in [0.29, 0.717) is 12.6 Å². The molecule has 5 heteroatoms. The molecule has 0 rings (SSSR count). The molecule has 0 radical (unpaired) electrons. The average Bonchev–Trinajstić information content (AvgIpc) is 2.34. The zero-order chi connectivity index (χ0) is 14.0. The summed E-state index contributed by atoms with van der Waals surface area (Å²) in [6.07, 6.45) is 2.26. The van der Waals surface area contributed by atoms with Gasteiger partial charge in [-0.05, 0) is 39.4 Å². The van der Waals surface area contributed by atoms with Gasteiger partial charge in [0, 0.05) is 18.3 Å². The molecule has 4 nitrogen and oxygen atoms in total. The molecular weight excluding hydrogens is 248 g/mol. The van der Waals surface area contributed by atoms with Gasteiger partial charge in [0.15, 0.2) is 9.84 Å². The van der Waals surface area contributed by atoms with Crippen molar-refractivity contribution in [1.29, 1.82) is 0 Å². The van der Waals surface area contributed by atoms with Crippen molar-refractivity contribution >= 4 is 9.84 Å². The lowest BCUT2D eigenvalue weighted by Crippen LogP contribution is -2.32. The second-order valence-corrected chi connectivity index (χ2v) is 7.23. The fraction of sp³-hybridized carbons (Fsp3) is 1.00. The third-order valence-corrected chi connectivity index (χ3v) is 5.06. The fourth-order valence-electron chi connectivity index (χ4n) is 1.87. The van der Waals surface area contributed by atoms with Gasteiger partial charge in [-0.3, -0.25) is 0 Å². The summed E-state index contributed by atoms with van der Waals surface area (Å²) < 4.78 is 22.6. The predicted octanol–water partition coefficient (Wildman–Crippen LogP) is 1.52. The summed E-state index contributed by atoms with van der Waals surface area (Å²) in [5, 5.41) is 3.29. The zero-order valence-electron chi connectivity index (χ0n) is 12.4. The van der Waals surface area contributed by atoms with Crippen LogP contribution in [0.25, 0.3) is 0 Å². The SMILES string of the molecule is CCN(CC)CCCC(C)NCCS(=O)(=O)CC. The number of sulfone groups is 1. The molecule has 0 aliphatic heterocycles. The van der Waals surface area contributed by atoms with Crippen molar-refractivity contribution in [2.75, 3.05) is 37.7 Å². The molecule has 0 saturated heterocycles. The maximum atomic E-state index is 11.3. The monoisotopic (exact) mass is 278 g/mol. The highest BCUT2D eigenvalue weighted by molar-refractivity contribution is 7.91. The molecule has 0 heterocycles.